The minimum absolute atomic E-state index is 0.000189. The Labute approximate surface area is 142 Å². The van der Waals surface area contributed by atoms with Gasteiger partial charge in [0.05, 0.1) is 17.4 Å². The van der Waals surface area contributed by atoms with Crippen molar-refractivity contribution in [2.45, 2.75) is 32.7 Å². The Morgan fingerprint density at radius 1 is 1.29 bits per heavy atom. The number of anilines is 1. The van der Waals surface area contributed by atoms with Gasteiger partial charge in [-0.05, 0) is 31.9 Å². The molecule has 2 fully saturated rings. The number of carbonyl (C=O) groups is 2. The Hall–Kier alpha value is -1.89. The highest BCUT2D eigenvalue weighted by Gasteiger charge is 2.37. The van der Waals surface area contributed by atoms with Crippen LogP contribution in [0.4, 0.5) is 5.69 Å². The second-order valence-corrected chi connectivity index (χ2v) is 9.03. The number of hydrogen-bond donors (Lipinski definition) is 1. The topological polar surface area (TPSA) is 83.6 Å². The lowest BCUT2D eigenvalue weighted by Gasteiger charge is -2.20. The van der Waals surface area contributed by atoms with Crippen LogP contribution >= 0.6 is 0 Å². The van der Waals surface area contributed by atoms with Gasteiger partial charge in [0.25, 0.3) is 0 Å². The molecule has 1 N–H and O–H groups in total. The lowest BCUT2D eigenvalue weighted by molar-refractivity contribution is -0.126. The molecule has 2 aliphatic rings. The summed E-state index contributed by atoms with van der Waals surface area (Å²) >= 11 is 0. The van der Waals surface area contributed by atoms with Gasteiger partial charge >= 0.3 is 0 Å². The van der Waals surface area contributed by atoms with Crippen LogP contribution in [0.2, 0.25) is 0 Å². The first-order chi connectivity index (χ1) is 11.2. The van der Waals surface area contributed by atoms with E-state index in [0.29, 0.717) is 13.0 Å². The summed E-state index contributed by atoms with van der Waals surface area (Å²) in [7, 11) is -3.03. The normalized spacial score (nSPS) is 25.9. The molecule has 6 nitrogen and oxygen atoms in total. The number of aryl methyl sites for hydroxylation is 2. The van der Waals surface area contributed by atoms with Crippen molar-refractivity contribution in [2.24, 2.45) is 5.92 Å². The third kappa shape index (κ3) is 3.45. The summed E-state index contributed by atoms with van der Waals surface area (Å²) in [6.07, 6.45) is 0.619. The molecule has 1 aromatic carbocycles. The minimum atomic E-state index is -3.03. The molecule has 2 saturated heterocycles. The predicted octanol–water partition coefficient (Wildman–Crippen LogP) is 0.960. The molecule has 0 aromatic heterocycles. The maximum atomic E-state index is 12.4. The first-order valence-electron chi connectivity index (χ1n) is 8.13. The standard InChI is InChI=1S/C17H22N2O4S/c1-11-3-4-15(12(2)7-11)19-9-13(8-16(19)20)17(21)18-14-5-6-24(22,23)10-14/h3-4,7,13-14H,5-6,8-10H2,1-2H3,(H,18,21). The van der Waals surface area contributed by atoms with Gasteiger partial charge in [-0.2, -0.15) is 0 Å². The molecule has 3 rings (SSSR count). The molecule has 24 heavy (non-hydrogen) atoms. The van der Waals surface area contributed by atoms with Gasteiger partial charge in [-0.3, -0.25) is 9.59 Å². The van der Waals surface area contributed by atoms with Crippen LogP contribution in [0.1, 0.15) is 24.0 Å². The van der Waals surface area contributed by atoms with Gasteiger partial charge in [0.2, 0.25) is 11.8 Å². The molecule has 7 heteroatoms. The zero-order chi connectivity index (χ0) is 17.5. The molecule has 0 spiro atoms. The molecule has 0 aliphatic carbocycles. The summed E-state index contributed by atoms with van der Waals surface area (Å²) in [5.41, 5.74) is 2.97. The molecule has 130 valence electrons. The number of hydrogen-bond acceptors (Lipinski definition) is 4. The summed E-state index contributed by atoms with van der Waals surface area (Å²) < 4.78 is 23.0. The molecule has 1 aromatic rings. The molecule has 2 amide bonds. The van der Waals surface area contributed by atoms with Crippen molar-refractivity contribution in [2.75, 3.05) is 23.0 Å². The highest BCUT2D eigenvalue weighted by Crippen LogP contribution is 2.28. The quantitative estimate of drug-likeness (QED) is 0.880. The maximum Gasteiger partial charge on any atom is 0.227 e. The van der Waals surface area contributed by atoms with Crippen molar-refractivity contribution in [1.29, 1.82) is 0 Å². The lowest BCUT2D eigenvalue weighted by atomic mass is 10.1. The molecule has 0 saturated carbocycles. The Kier molecular flexibility index (Phi) is 4.38. The fourth-order valence-corrected chi connectivity index (χ4v) is 5.13. The molecule has 0 radical (unpaired) electrons. The number of nitrogens with zero attached hydrogens (tertiary/aromatic N) is 1. The average molecular weight is 350 g/mol. The third-order valence-corrected chi connectivity index (χ3v) is 6.49. The minimum Gasteiger partial charge on any atom is -0.352 e. The van der Waals surface area contributed by atoms with Crippen LogP contribution in [-0.4, -0.2) is 44.3 Å². The molecule has 2 atom stereocenters. The Bertz CT molecular complexity index is 788. The fraction of sp³-hybridized carbons (Fsp3) is 0.529. The van der Waals surface area contributed by atoms with Gasteiger partial charge < -0.3 is 10.2 Å². The molecule has 0 bridgehead atoms. The molecule has 2 unspecified atom stereocenters. The van der Waals surface area contributed by atoms with E-state index in [1.807, 2.05) is 32.0 Å². The highest BCUT2D eigenvalue weighted by atomic mass is 32.2. The van der Waals surface area contributed by atoms with E-state index in [2.05, 4.69) is 5.32 Å². The molecular weight excluding hydrogens is 328 g/mol. The second kappa shape index (κ2) is 6.20. The van der Waals surface area contributed by atoms with Crippen LogP contribution < -0.4 is 10.2 Å². The fourth-order valence-electron chi connectivity index (χ4n) is 3.45. The number of rotatable bonds is 3. The van der Waals surface area contributed by atoms with Gasteiger partial charge in [-0.15, -0.1) is 0 Å². The first-order valence-corrected chi connectivity index (χ1v) is 9.96. The summed E-state index contributed by atoms with van der Waals surface area (Å²) in [6, 6.07) is 5.55. The van der Waals surface area contributed by atoms with Crippen LogP contribution in [-0.2, 0) is 19.4 Å². The largest absolute Gasteiger partial charge is 0.352 e. The van der Waals surface area contributed by atoms with E-state index in [9.17, 15) is 18.0 Å². The third-order valence-electron chi connectivity index (χ3n) is 4.72. The Morgan fingerprint density at radius 2 is 2.04 bits per heavy atom. The van der Waals surface area contributed by atoms with Crippen molar-refractivity contribution < 1.29 is 18.0 Å². The van der Waals surface area contributed by atoms with Crippen LogP contribution in [0.25, 0.3) is 0 Å². The van der Waals surface area contributed by atoms with Crippen molar-refractivity contribution in [3.8, 4) is 0 Å². The summed E-state index contributed by atoms with van der Waals surface area (Å²) in [6.45, 7) is 4.29. The van der Waals surface area contributed by atoms with Gasteiger partial charge in [0.15, 0.2) is 9.84 Å². The SMILES string of the molecule is Cc1ccc(N2CC(C(=O)NC3CCS(=O)(=O)C3)CC2=O)c(C)c1. The van der Waals surface area contributed by atoms with Gasteiger partial charge in [0.1, 0.15) is 0 Å². The van der Waals surface area contributed by atoms with E-state index in [1.54, 1.807) is 4.90 Å². The summed E-state index contributed by atoms with van der Waals surface area (Å²) in [4.78, 5) is 26.4. The summed E-state index contributed by atoms with van der Waals surface area (Å²) in [5.74, 6) is -0.600. The zero-order valence-corrected chi connectivity index (χ0v) is 14.7. The van der Waals surface area contributed by atoms with E-state index in [4.69, 9.17) is 0 Å². The number of nitrogens with one attached hydrogen (secondary N) is 1. The number of amides is 2. The molecular formula is C17H22N2O4S. The van der Waals surface area contributed by atoms with Crippen molar-refractivity contribution in [1.82, 2.24) is 5.32 Å². The van der Waals surface area contributed by atoms with Crippen molar-refractivity contribution in [3.05, 3.63) is 29.3 Å². The van der Waals surface area contributed by atoms with E-state index in [1.165, 1.54) is 0 Å². The molecule has 2 heterocycles. The maximum absolute atomic E-state index is 12.4. The Morgan fingerprint density at radius 3 is 2.67 bits per heavy atom. The predicted molar refractivity (Wildman–Crippen MR) is 91.6 cm³/mol. The van der Waals surface area contributed by atoms with Crippen molar-refractivity contribution >= 4 is 27.3 Å². The monoisotopic (exact) mass is 350 g/mol. The van der Waals surface area contributed by atoms with Gasteiger partial charge in [0, 0.05) is 24.7 Å². The lowest BCUT2D eigenvalue weighted by Crippen LogP contribution is -2.40. The number of carbonyl (C=O) groups excluding carboxylic acids is 2. The van der Waals surface area contributed by atoms with E-state index in [-0.39, 0.29) is 35.8 Å². The second-order valence-electron chi connectivity index (χ2n) is 6.80. The smallest absolute Gasteiger partial charge is 0.227 e. The highest BCUT2D eigenvalue weighted by molar-refractivity contribution is 7.91. The van der Waals surface area contributed by atoms with Crippen LogP contribution in [0, 0.1) is 19.8 Å². The number of benzene rings is 1. The number of sulfone groups is 1. The van der Waals surface area contributed by atoms with E-state index in [0.717, 1.165) is 16.8 Å². The summed E-state index contributed by atoms with van der Waals surface area (Å²) in [5, 5.41) is 2.80. The van der Waals surface area contributed by atoms with E-state index < -0.39 is 15.8 Å². The van der Waals surface area contributed by atoms with Crippen LogP contribution in [0.5, 0.6) is 0 Å². The van der Waals surface area contributed by atoms with Crippen LogP contribution in [0.15, 0.2) is 18.2 Å². The van der Waals surface area contributed by atoms with Crippen LogP contribution in [0.3, 0.4) is 0 Å². The Balaban J connectivity index is 1.67. The van der Waals surface area contributed by atoms with Gasteiger partial charge in [-0.1, -0.05) is 17.7 Å². The molecule has 2 aliphatic heterocycles. The first kappa shape index (κ1) is 17.0. The zero-order valence-electron chi connectivity index (χ0n) is 13.9. The van der Waals surface area contributed by atoms with Gasteiger partial charge in [-0.25, -0.2) is 8.42 Å². The average Bonchev–Trinajstić information content (AvgIpc) is 3.02. The van der Waals surface area contributed by atoms with E-state index >= 15 is 0 Å². The van der Waals surface area contributed by atoms with Crippen molar-refractivity contribution in [3.63, 3.8) is 0 Å².